The predicted molar refractivity (Wildman–Crippen MR) is 56.6 cm³/mol. The molecule has 90 valence electrons. The number of hydrogen-bond acceptors (Lipinski definition) is 4. The van der Waals surface area contributed by atoms with Gasteiger partial charge < -0.3 is 9.47 Å². The number of esters is 2. The van der Waals surface area contributed by atoms with Crippen molar-refractivity contribution in [2.45, 2.75) is 51.7 Å². The number of carbonyl (C=O) groups is 2. The number of ether oxygens (including phenoxy) is 2. The zero-order valence-corrected chi connectivity index (χ0v) is 9.77. The van der Waals surface area contributed by atoms with Crippen LogP contribution in [0.4, 0.5) is 0 Å². The molecule has 0 saturated heterocycles. The van der Waals surface area contributed by atoms with Crippen molar-refractivity contribution in [3.8, 4) is 0 Å². The molecule has 0 radical (unpaired) electrons. The van der Waals surface area contributed by atoms with Gasteiger partial charge in [0.15, 0.2) is 0 Å². The molecule has 0 heterocycles. The van der Waals surface area contributed by atoms with E-state index in [9.17, 15) is 9.59 Å². The van der Waals surface area contributed by atoms with Crippen molar-refractivity contribution >= 4 is 11.9 Å². The van der Waals surface area contributed by atoms with Crippen LogP contribution >= 0.6 is 0 Å². The minimum atomic E-state index is -0.207. The second-order valence-corrected chi connectivity index (χ2v) is 4.78. The number of hydrogen-bond donors (Lipinski definition) is 0. The van der Waals surface area contributed by atoms with Gasteiger partial charge in [-0.3, -0.25) is 9.59 Å². The van der Waals surface area contributed by atoms with E-state index in [0.717, 1.165) is 25.7 Å². The highest BCUT2D eigenvalue weighted by atomic mass is 16.6. The SMILES string of the molecule is CC(=O)O[C@@H]1CC[C@H]2[C@H]1CC[C@H]2OC(C)=O. The molecule has 0 bridgehead atoms. The average molecular weight is 226 g/mol. The van der Waals surface area contributed by atoms with Gasteiger partial charge in [0.2, 0.25) is 0 Å². The highest BCUT2D eigenvalue weighted by molar-refractivity contribution is 5.66. The molecule has 0 N–H and O–H groups in total. The molecule has 2 aliphatic carbocycles. The summed E-state index contributed by atoms with van der Waals surface area (Å²) < 4.78 is 10.6. The second kappa shape index (κ2) is 4.44. The maximum Gasteiger partial charge on any atom is 0.302 e. The quantitative estimate of drug-likeness (QED) is 0.672. The Bertz CT molecular complexity index is 269. The van der Waals surface area contributed by atoms with Crippen LogP contribution in [0.5, 0.6) is 0 Å². The van der Waals surface area contributed by atoms with Crippen LogP contribution in [0.1, 0.15) is 39.5 Å². The first kappa shape index (κ1) is 11.4. The van der Waals surface area contributed by atoms with Crippen molar-refractivity contribution in [3.63, 3.8) is 0 Å². The topological polar surface area (TPSA) is 52.6 Å². The van der Waals surface area contributed by atoms with E-state index in [0.29, 0.717) is 11.8 Å². The van der Waals surface area contributed by atoms with Gasteiger partial charge in [-0.25, -0.2) is 0 Å². The van der Waals surface area contributed by atoms with Crippen molar-refractivity contribution < 1.29 is 19.1 Å². The summed E-state index contributed by atoms with van der Waals surface area (Å²) >= 11 is 0. The van der Waals surface area contributed by atoms with Gasteiger partial charge in [0.25, 0.3) is 0 Å². The molecular weight excluding hydrogens is 208 g/mol. The van der Waals surface area contributed by atoms with Gasteiger partial charge in [-0.1, -0.05) is 0 Å². The Labute approximate surface area is 95.3 Å². The summed E-state index contributed by atoms with van der Waals surface area (Å²) in [6, 6.07) is 0. The Balaban J connectivity index is 1.95. The fourth-order valence-corrected chi connectivity index (χ4v) is 3.21. The molecule has 2 fully saturated rings. The Morgan fingerprint density at radius 3 is 1.50 bits per heavy atom. The smallest absolute Gasteiger partial charge is 0.302 e. The number of carbonyl (C=O) groups excluding carboxylic acids is 2. The zero-order chi connectivity index (χ0) is 11.7. The van der Waals surface area contributed by atoms with Crippen LogP contribution in [0.15, 0.2) is 0 Å². The van der Waals surface area contributed by atoms with E-state index in [4.69, 9.17) is 9.47 Å². The summed E-state index contributed by atoms with van der Waals surface area (Å²) in [5.74, 6) is 0.379. The van der Waals surface area contributed by atoms with Gasteiger partial charge in [0.1, 0.15) is 12.2 Å². The predicted octanol–water partition coefficient (Wildman–Crippen LogP) is 1.67. The van der Waals surface area contributed by atoms with Crippen LogP contribution in [-0.4, -0.2) is 24.1 Å². The molecule has 4 heteroatoms. The summed E-state index contributed by atoms with van der Waals surface area (Å²) in [5, 5.41) is 0. The molecule has 0 aromatic rings. The van der Waals surface area contributed by atoms with Crippen molar-refractivity contribution in [1.29, 1.82) is 0 Å². The highest BCUT2D eigenvalue weighted by Crippen LogP contribution is 2.46. The van der Waals surface area contributed by atoms with Gasteiger partial charge >= 0.3 is 11.9 Å². The third-order valence-electron chi connectivity index (χ3n) is 3.71. The van der Waals surface area contributed by atoms with E-state index in [1.807, 2.05) is 0 Å². The van der Waals surface area contributed by atoms with E-state index in [-0.39, 0.29) is 24.1 Å². The van der Waals surface area contributed by atoms with Crippen LogP contribution in [-0.2, 0) is 19.1 Å². The van der Waals surface area contributed by atoms with E-state index >= 15 is 0 Å². The summed E-state index contributed by atoms with van der Waals surface area (Å²) in [7, 11) is 0. The van der Waals surface area contributed by atoms with Gasteiger partial charge in [0.05, 0.1) is 0 Å². The monoisotopic (exact) mass is 226 g/mol. The third-order valence-corrected chi connectivity index (χ3v) is 3.71. The molecule has 2 rings (SSSR count). The Morgan fingerprint density at radius 1 is 0.812 bits per heavy atom. The fourth-order valence-electron chi connectivity index (χ4n) is 3.21. The lowest BCUT2D eigenvalue weighted by Gasteiger charge is -2.20. The van der Waals surface area contributed by atoms with E-state index in [1.54, 1.807) is 0 Å². The van der Waals surface area contributed by atoms with E-state index in [2.05, 4.69) is 0 Å². The summed E-state index contributed by atoms with van der Waals surface area (Å²) in [4.78, 5) is 21.9. The molecule has 4 atom stereocenters. The molecule has 2 saturated carbocycles. The highest BCUT2D eigenvalue weighted by Gasteiger charge is 2.47. The Hall–Kier alpha value is -1.06. The van der Waals surface area contributed by atoms with Gasteiger partial charge in [0, 0.05) is 25.7 Å². The van der Waals surface area contributed by atoms with Crippen LogP contribution in [0.25, 0.3) is 0 Å². The minimum absolute atomic E-state index is 0.0445. The zero-order valence-electron chi connectivity index (χ0n) is 9.77. The normalized spacial score (nSPS) is 36.9. The van der Waals surface area contributed by atoms with E-state index in [1.165, 1.54) is 13.8 Å². The van der Waals surface area contributed by atoms with Crippen molar-refractivity contribution in [1.82, 2.24) is 0 Å². The molecule has 0 aromatic heterocycles. The largest absolute Gasteiger partial charge is 0.462 e. The van der Waals surface area contributed by atoms with Crippen LogP contribution in [0, 0.1) is 11.8 Å². The second-order valence-electron chi connectivity index (χ2n) is 4.78. The first-order valence-electron chi connectivity index (χ1n) is 5.92. The molecule has 0 unspecified atom stereocenters. The minimum Gasteiger partial charge on any atom is -0.462 e. The first-order valence-corrected chi connectivity index (χ1v) is 5.92. The van der Waals surface area contributed by atoms with Crippen LogP contribution < -0.4 is 0 Å². The Morgan fingerprint density at radius 2 is 1.19 bits per heavy atom. The van der Waals surface area contributed by atoms with Gasteiger partial charge in [-0.15, -0.1) is 0 Å². The number of rotatable bonds is 2. The lowest BCUT2D eigenvalue weighted by Crippen LogP contribution is -2.25. The fraction of sp³-hybridized carbons (Fsp3) is 0.833. The maximum atomic E-state index is 10.9. The molecular formula is C12H18O4. The lowest BCUT2D eigenvalue weighted by atomic mass is 9.98. The van der Waals surface area contributed by atoms with Gasteiger partial charge in [-0.2, -0.15) is 0 Å². The van der Waals surface area contributed by atoms with Crippen LogP contribution in [0.3, 0.4) is 0 Å². The molecule has 2 aliphatic rings. The molecule has 0 aliphatic heterocycles. The third kappa shape index (κ3) is 2.20. The van der Waals surface area contributed by atoms with Crippen molar-refractivity contribution in [3.05, 3.63) is 0 Å². The molecule has 0 spiro atoms. The maximum absolute atomic E-state index is 10.9. The van der Waals surface area contributed by atoms with Crippen molar-refractivity contribution in [2.75, 3.05) is 0 Å². The summed E-state index contributed by atoms with van der Waals surface area (Å²) in [6.45, 7) is 2.90. The standard InChI is InChI=1S/C12H18O4/c1-7(13)15-11-5-3-10-9(11)4-6-12(10)16-8(2)14/h9-12H,3-6H2,1-2H3/t9-,10+,11-,12-/m1/s1. The first-order chi connectivity index (χ1) is 7.58. The summed E-state index contributed by atoms with van der Waals surface area (Å²) in [5.41, 5.74) is 0. The average Bonchev–Trinajstić information content (AvgIpc) is 2.70. The molecule has 4 nitrogen and oxygen atoms in total. The van der Waals surface area contributed by atoms with Crippen molar-refractivity contribution in [2.24, 2.45) is 11.8 Å². The molecule has 0 aromatic carbocycles. The Kier molecular flexibility index (Phi) is 3.17. The molecule has 16 heavy (non-hydrogen) atoms. The van der Waals surface area contributed by atoms with E-state index < -0.39 is 0 Å². The number of fused-ring (bicyclic) bond motifs is 1. The van der Waals surface area contributed by atoms with Gasteiger partial charge in [-0.05, 0) is 25.7 Å². The van der Waals surface area contributed by atoms with Crippen LogP contribution in [0.2, 0.25) is 0 Å². The summed E-state index contributed by atoms with van der Waals surface area (Å²) in [6.07, 6.45) is 3.91. The lowest BCUT2D eigenvalue weighted by molar-refractivity contribution is -0.150. The molecule has 0 amide bonds.